The fourth-order valence-corrected chi connectivity index (χ4v) is 2.72. The highest BCUT2D eigenvalue weighted by molar-refractivity contribution is 6.30. The molecular formula is C19H21ClN2O3. The van der Waals surface area contributed by atoms with E-state index >= 15 is 0 Å². The van der Waals surface area contributed by atoms with Gasteiger partial charge >= 0.3 is 0 Å². The number of halogens is 1. The number of hydrogen-bond donors (Lipinski definition) is 1. The Labute approximate surface area is 152 Å². The van der Waals surface area contributed by atoms with Crippen LogP contribution < -0.4 is 14.8 Å². The molecule has 1 amide bonds. The molecule has 1 aliphatic heterocycles. The maximum atomic E-state index is 12.4. The third kappa shape index (κ3) is 4.44. The van der Waals surface area contributed by atoms with Gasteiger partial charge in [-0.05, 0) is 55.9 Å². The van der Waals surface area contributed by atoms with E-state index in [9.17, 15) is 4.79 Å². The second-order valence-electron chi connectivity index (χ2n) is 6.07. The first kappa shape index (κ1) is 17.6. The van der Waals surface area contributed by atoms with E-state index in [4.69, 9.17) is 21.1 Å². The van der Waals surface area contributed by atoms with Crippen molar-refractivity contribution in [3.8, 4) is 11.5 Å². The lowest BCUT2D eigenvalue weighted by Gasteiger charge is -2.25. The SMILES string of the molecule is CC(C(=O)Nc1ccc(Cl)cc1)N(C)Cc1ccc2c(c1)OCCO2. The van der Waals surface area contributed by atoms with Crippen LogP contribution in [0.1, 0.15) is 12.5 Å². The molecule has 1 N–H and O–H groups in total. The van der Waals surface area contributed by atoms with E-state index in [2.05, 4.69) is 5.32 Å². The van der Waals surface area contributed by atoms with Gasteiger partial charge in [0.1, 0.15) is 13.2 Å². The van der Waals surface area contributed by atoms with Crippen molar-refractivity contribution in [3.63, 3.8) is 0 Å². The van der Waals surface area contributed by atoms with Crippen molar-refractivity contribution in [1.29, 1.82) is 0 Å². The molecular weight excluding hydrogens is 340 g/mol. The lowest BCUT2D eigenvalue weighted by molar-refractivity contribution is -0.120. The molecule has 6 heteroatoms. The van der Waals surface area contributed by atoms with Crippen LogP contribution in [0, 0.1) is 0 Å². The Morgan fingerprint density at radius 1 is 1.16 bits per heavy atom. The lowest BCUT2D eigenvalue weighted by Crippen LogP contribution is -2.39. The van der Waals surface area contributed by atoms with Crippen LogP contribution in [0.3, 0.4) is 0 Å². The van der Waals surface area contributed by atoms with E-state index in [-0.39, 0.29) is 11.9 Å². The smallest absolute Gasteiger partial charge is 0.241 e. The fraction of sp³-hybridized carbons (Fsp3) is 0.316. The van der Waals surface area contributed by atoms with Gasteiger partial charge in [0, 0.05) is 17.3 Å². The molecule has 2 aromatic carbocycles. The molecule has 1 heterocycles. The van der Waals surface area contributed by atoms with Gasteiger partial charge in [0.05, 0.1) is 6.04 Å². The molecule has 1 atom stereocenters. The molecule has 0 radical (unpaired) electrons. The van der Waals surface area contributed by atoms with Crippen LogP contribution in [0.4, 0.5) is 5.69 Å². The first-order valence-electron chi connectivity index (χ1n) is 8.18. The predicted octanol–water partition coefficient (Wildman–Crippen LogP) is 3.57. The summed E-state index contributed by atoms with van der Waals surface area (Å²) in [6, 6.07) is 12.7. The van der Waals surface area contributed by atoms with Gasteiger partial charge in [0.2, 0.25) is 5.91 Å². The van der Waals surface area contributed by atoms with E-state index in [1.807, 2.05) is 37.1 Å². The highest BCUT2D eigenvalue weighted by Gasteiger charge is 2.19. The lowest BCUT2D eigenvalue weighted by atomic mass is 10.1. The van der Waals surface area contributed by atoms with Crippen LogP contribution in [0.2, 0.25) is 5.02 Å². The summed E-state index contributed by atoms with van der Waals surface area (Å²) in [5.41, 5.74) is 1.80. The van der Waals surface area contributed by atoms with E-state index < -0.39 is 0 Å². The fourth-order valence-electron chi connectivity index (χ4n) is 2.59. The number of nitrogens with zero attached hydrogens (tertiary/aromatic N) is 1. The van der Waals surface area contributed by atoms with E-state index in [1.54, 1.807) is 24.3 Å². The molecule has 0 aromatic heterocycles. The average molecular weight is 361 g/mol. The number of fused-ring (bicyclic) bond motifs is 1. The standard InChI is InChI=1S/C19H21ClN2O3/c1-13(19(23)21-16-6-4-15(20)5-7-16)22(2)12-14-3-8-17-18(11-14)25-10-9-24-17/h3-8,11,13H,9-10,12H2,1-2H3,(H,21,23). The predicted molar refractivity (Wildman–Crippen MR) is 98.4 cm³/mol. The number of amides is 1. The zero-order chi connectivity index (χ0) is 17.8. The molecule has 132 valence electrons. The summed E-state index contributed by atoms with van der Waals surface area (Å²) >= 11 is 5.86. The van der Waals surface area contributed by atoms with Crippen molar-refractivity contribution in [1.82, 2.24) is 4.90 Å². The summed E-state index contributed by atoms with van der Waals surface area (Å²) in [7, 11) is 1.92. The number of carbonyl (C=O) groups excluding carboxylic acids is 1. The average Bonchev–Trinajstić information content (AvgIpc) is 2.62. The van der Waals surface area contributed by atoms with Crippen molar-refractivity contribution in [3.05, 3.63) is 53.1 Å². The molecule has 3 rings (SSSR count). The summed E-state index contributed by atoms with van der Waals surface area (Å²) in [5.74, 6) is 1.46. The summed E-state index contributed by atoms with van der Waals surface area (Å²) in [4.78, 5) is 14.4. The molecule has 1 aliphatic rings. The van der Waals surface area contributed by atoms with E-state index in [0.29, 0.717) is 24.8 Å². The number of rotatable bonds is 5. The van der Waals surface area contributed by atoms with Crippen LogP contribution in [-0.4, -0.2) is 37.1 Å². The number of carbonyl (C=O) groups is 1. The molecule has 0 aliphatic carbocycles. The number of anilines is 1. The summed E-state index contributed by atoms with van der Waals surface area (Å²) in [5, 5.41) is 3.54. The zero-order valence-corrected chi connectivity index (χ0v) is 15.0. The van der Waals surface area contributed by atoms with Crippen LogP contribution in [0.25, 0.3) is 0 Å². The molecule has 0 spiro atoms. The second-order valence-corrected chi connectivity index (χ2v) is 6.50. The molecule has 0 saturated carbocycles. The van der Waals surface area contributed by atoms with Crippen molar-refractivity contribution < 1.29 is 14.3 Å². The van der Waals surface area contributed by atoms with Crippen molar-refractivity contribution in [2.75, 3.05) is 25.6 Å². The van der Waals surface area contributed by atoms with Crippen molar-refractivity contribution >= 4 is 23.2 Å². The quantitative estimate of drug-likeness (QED) is 0.885. The minimum Gasteiger partial charge on any atom is -0.486 e. The number of benzene rings is 2. The minimum absolute atomic E-state index is 0.0673. The third-order valence-corrected chi connectivity index (χ3v) is 4.44. The normalized spacial score (nSPS) is 14.2. The number of ether oxygens (including phenoxy) is 2. The number of hydrogen-bond acceptors (Lipinski definition) is 4. The van der Waals surface area contributed by atoms with Gasteiger partial charge in [-0.15, -0.1) is 0 Å². The Morgan fingerprint density at radius 2 is 1.84 bits per heavy atom. The van der Waals surface area contributed by atoms with Gasteiger partial charge in [-0.25, -0.2) is 0 Å². The van der Waals surface area contributed by atoms with E-state index in [1.165, 1.54) is 0 Å². The van der Waals surface area contributed by atoms with Crippen LogP contribution >= 0.6 is 11.6 Å². The summed E-state index contributed by atoms with van der Waals surface area (Å²) < 4.78 is 11.1. The Balaban J connectivity index is 1.60. The number of nitrogens with one attached hydrogen (secondary N) is 1. The maximum absolute atomic E-state index is 12.4. The largest absolute Gasteiger partial charge is 0.486 e. The summed E-state index contributed by atoms with van der Waals surface area (Å²) in [6.07, 6.45) is 0. The molecule has 5 nitrogen and oxygen atoms in total. The Bertz CT molecular complexity index is 749. The molecule has 1 unspecified atom stereocenters. The van der Waals surface area contributed by atoms with Gasteiger partial charge in [-0.2, -0.15) is 0 Å². The Kier molecular flexibility index (Phi) is 5.46. The maximum Gasteiger partial charge on any atom is 0.241 e. The minimum atomic E-state index is -0.288. The number of likely N-dealkylation sites (N-methyl/N-ethyl adjacent to an activating group) is 1. The van der Waals surface area contributed by atoms with Gasteiger partial charge in [-0.3, -0.25) is 9.69 Å². The molecule has 0 bridgehead atoms. The van der Waals surface area contributed by atoms with Gasteiger partial charge in [-0.1, -0.05) is 17.7 Å². The van der Waals surface area contributed by atoms with Crippen molar-refractivity contribution in [2.45, 2.75) is 19.5 Å². The molecule has 2 aromatic rings. The first-order chi connectivity index (χ1) is 12.0. The van der Waals surface area contributed by atoms with Gasteiger partial charge in [0.15, 0.2) is 11.5 Å². The van der Waals surface area contributed by atoms with E-state index in [0.717, 1.165) is 22.7 Å². The highest BCUT2D eigenvalue weighted by Crippen LogP contribution is 2.31. The van der Waals surface area contributed by atoms with Crippen LogP contribution in [-0.2, 0) is 11.3 Å². The Hall–Kier alpha value is -2.24. The van der Waals surface area contributed by atoms with Gasteiger partial charge < -0.3 is 14.8 Å². The van der Waals surface area contributed by atoms with Crippen LogP contribution in [0.5, 0.6) is 11.5 Å². The first-order valence-corrected chi connectivity index (χ1v) is 8.56. The van der Waals surface area contributed by atoms with Crippen LogP contribution in [0.15, 0.2) is 42.5 Å². The van der Waals surface area contributed by atoms with Gasteiger partial charge in [0.25, 0.3) is 0 Å². The molecule has 0 fully saturated rings. The molecule has 0 saturated heterocycles. The Morgan fingerprint density at radius 3 is 2.56 bits per heavy atom. The third-order valence-electron chi connectivity index (χ3n) is 4.19. The topological polar surface area (TPSA) is 50.8 Å². The second kappa shape index (κ2) is 7.76. The molecule has 25 heavy (non-hydrogen) atoms. The monoisotopic (exact) mass is 360 g/mol. The summed E-state index contributed by atoms with van der Waals surface area (Å²) in [6.45, 7) is 3.65. The zero-order valence-electron chi connectivity index (χ0n) is 14.3. The van der Waals surface area contributed by atoms with Crippen molar-refractivity contribution in [2.24, 2.45) is 0 Å². The highest BCUT2D eigenvalue weighted by atomic mass is 35.5.